The van der Waals surface area contributed by atoms with Crippen LogP contribution in [0.3, 0.4) is 0 Å². The van der Waals surface area contributed by atoms with Crippen molar-refractivity contribution in [3.8, 4) is 11.5 Å². The lowest BCUT2D eigenvalue weighted by molar-refractivity contribution is 0.171. The second kappa shape index (κ2) is 10.6. The number of aryl methyl sites for hydroxylation is 1. The van der Waals surface area contributed by atoms with Crippen LogP contribution in [0.2, 0.25) is 0 Å². The normalized spacial score (nSPS) is 13.7. The Kier molecular flexibility index (Phi) is 8.62. The summed E-state index contributed by atoms with van der Waals surface area (Å²) in [5, 5.41) is 8.16. The maximum absolute atomic E-state index is 5.76. The monoisotopic (exact) mass is 541 g/mol. The molecule has 0 unspecified atom stereocenters. The fraction of sp³-hybridized carbons (Fsp3) is 0.565. The largest absolute Gasteiger partial charge is 0.486 e. The van der Waals surface area contributed by atoms with E-state index >= 15 is 0 Å². The van der Waals surface area contributed by atoms with Gasteiger partial charge in [0.05, 0.1) is 5.69 Å². The molecule has 1 aliphatic heterocycles. The number of benzene rings is 1. The van der Waals surface area contributed by atoms with Crippen LogP contribution in [0.15, 0.2) is 29.4 Å². The standard InChI is InChI=1S/C23H35N5O2.HI/c1-16(2)21-17(14-28(7)26-21)13-27(6)22(24-5)25-15-23(3,4)18-8-9-19-20(12-18)30-11-10-29-19;/h8-9,12,14,16H,10-11,13,15H2,1-7H3,(H,24,25);1H. The van der Waals surface area contributed by atoms with Crippen LogP contribution in [0, 0.1) is 0 Å². The van der Waals surface area contributed by atoms with E-state index in [0.717, 1.165) is 36.2 Å². The quantitative estimate of drug-likeness (QED) is 0.342. The minimum atomic E-state index is -0.107. The molecule has 1 N–H and O–H groups in total. The van der Waals surface area contributed by atoms with E-state index in [9.17, 15) is 0 Å². The van der Waals surface area contributed by atoms with E-state index in [2.05, 4.69) is 73.4 Å². The van der Waals surface area contributed by atoms with E-state index in [1.165, 1.54) is 11.1 Å². The maximum Gasteiger partial charge on any atom is 0.193 e. The highest BCUT2D eigenvalue weighted by Gasteiger charge is 2.24. The summed E-state index contributed by atoms with van der Waals surface area (Å²) in [7, 11) is 5.85. The Balaban J connectivity index is 0.00000341. The zero-order valence-electron chi connectivity index (χ0n) is 19.7. The molecule has 0 amide bonds. The number of nitrogens with one attached hydrogen (secondary N) is 1. The Morgan fingerprint density at radius 2 is 1.94 bits per heavy atom. The predicted molar refractivity (Wildman–Crippen MR) is 136 cm³/mol. The van der Waals surface area contributed by atoms with Gasteiger partial charge in [-0.05, 0) is 23.6 Å². The first-order valence-corrected chi connectivity index (χ1v) is 10.6. The van der Waals surface area contributed by atoms with E-state index in [4.69, 9.17) is 9.47 Å². The maximum atomic E-state index is 5.76. The van der Waals surface area contributed by atoms with Crippen LogP contribution in [0.1, 0.15) is 50.4 Å². The molecule has 2 heterocycles. The Labute approximate surface area is 203 Å². The van der Waals surface area contributed by atoms with Gasteiger partial charge in [-0.2, -0.15) is 5.10 Å². The molecule has 0 spiro atoms. The molecule has 1 aromatic carbocycles. The Morgan fingerprint density at radius 3 is 2.58 bits per heavy atom. The number of halogens is 1. The number of fused-ring (bicyclic) bond motifs is 1. The SMILES string of the molecule is CN=C(NCC(C)(C)c1ccc2c(c1)OCCO2)N(C)Cc1cn(C)nc1C(C)C.I. The zero-order valence-corrected chi connectivity index (χ0v) is 22.1. The number of rotatable bonds is 6. The van der Waals surface area contributed by atoms with E-state index in [-0.39, 0.29) is 29.4 Å². The smallest absolute Gasteiger partial charge is 0.193 e. The van der Waals surface area contributed by atoms with Crippen molar-refractivity contribution in [3.05, 3.63) is 41.2 Å². The highest BCUT2D eigenvalue weighted by atomic mass is 127. The summed E-state index contributed by atoms with van der Waals surface area (Å²) in [6.45, 7) is 11.5. The third kappa shape index (κ3) is 6.05. The number of aromatic nitrogens is 2. The van der Waals surface area contributed by atoms with Gasteiger partial charge in [-0.3, -0.25) is 9.67 Å². The zero-order chi connectivity index (χ0) is 21.9. The Bertz CT molecular complexity index is 907. The Morgan fingerprint density at radius 1 is 1.26 bits per heavy atom. The van der Waals surface area contributed by atoms with Crippen molar-refractivity contribution in [2.45, 2.75) is 45.6 Å². The molecule has 0 aliphatic carbocycles. The third-order valence-corrected chi connectivity index (χ3v) is 5.48. The summed E-state index contributed by atoms with van der Waals surface area (Å²) < 4.78 is 13.3. The van der Waals surface area contributed by atoms with Crippen molar-refractivity contribution in [2.24, 2.45) is 12.0 Å². The van der Waals surface area contributed by atoms with Gasteiger partial charge in [0.25, 0.3) is 0 Å². The average molecular weight is 541 g/mol. The van der Waals surface area contributed by atoms with Gasteiger partial charge in [-0.25, -0.2) is 0 Å². The van der Waals surface area contributed by atoms with E-state index in [1.54, 1.807) is 0 Å². The average Bonchev–Trinajstić information content (AvgIpc) is 3.08. The van der Waals surface area contributed by atoms with E-state index < -0.39 is 0 Å². The summed E-state index contributed by atoms with van der Waals surface area (Å²) >= 11 is 0. The van der Waals surface area contributed by atoms with Crippen LogP contribution in [-0.2, 0) is 19.0 Å². The first-order chi connectivity index (χ1) is 14.2. The molecular formula is C23H36IN5O2. The summed E-state index contributed by atoms with van der Waals surface area (Å²) in [6, 6.07) is 6.21. The minimum absolute atomic E-state index is 0. The first-order valence-electron chi connectivity index (χ1n) is 10.6. The van der Waals surface area contributed by atoms with Crippen molar-refractivity contribution >= 4 is 29.9 Å². The van der Waals surface area contributed by atoms with Crippen molar-refractivity contribution in [3.63, 3.8) is 0 Å². The molecule has 31 heavy (non-hydrogen) atoms. The molecule has 7 nitrogen and oxygen atoms in total. The molecule has 0 bridgehead atoms. The van der Waals surface area contributed by atoms with Gasteiger partial charge in [0.15, 0.2) is 17.5 Å². The van der Waals surface area contributed by atoms with Crippen LogP contribution in [0.25, 0.3) is 0 Å². The van der Waals surface area contributed by atoms with Gasteiger partial charge in [-0.15, -0.1) is 24.0 Å². The van der Waals surface area contributed by atoms with Crippen molar-refractivity contribution < 1.29 is 9.47 Å². The fourth-order valence-electron chi connectivity index (χ4n) is 3.74. The number of hydrogen-bond acceptors (Lipinski definition) is 4. The van der Waals surface area contributed by atoms with Crippen LogP contribution in [0.4, 0.5) is 0 Å². The highest BCUT2D eigenvalue weighted by Crippen LogP contribution is 2.35. The van der Waals surface area contributed by atoms with E-state index in [0.29, 0.717) is 19.1 Å². The van der Waals surface area contributed by atoms with Gasteiger partial charge in [0.1, 0.15) is 13.2 Å². The van der Waals surface area contributed by atoms with Gasteiger partial charge >= 0.3 is 0 Å². The summed E-state index contributed by atoms with van der Waals surface area (Å²) in [5.74, 6) is 2.89. The molecule has 172 valence electrons. The molecule has 1 aliphatic rings. The second-order valence-corrected chi connectivity index (χ2v) is 8.87. The van der Waals surface area contributed by atoms with Crippen molar-refractivity contribution in [1.29, 1.82) is 0 Å². The third-order valence-electron chi connectivity index (χ3n) is 5.48. The molecule has 0 saturated heterocycles. The van der Waals surface area contributed by atoms with Gasteiger partial charge < -0.3 is 19.7 Å². The first kappa shape index (κ1) is 25.3. The van der Waals surface area contributed by atoms with Crippen LogP contribution in [-0.4, -0.2) is 54.5 Å². The van der Waals surface area contributed by atoms with Crippen molar-refractivity contribution in [1.82, 2.24) is 20.0 Å². The second-order valence-electron chi connectivity index (χ2n) is 8.87. The molecule has 8 heteroatoms. The number of aliphatic imine (C=N–C) groups is 1. The summed E-state index contributed by atoms with van der Waals surface area (Å²) in [6.07, 6.45) is 2.10. The molecule has 3 rings (SSSR count). The van der Waals surface area contributed by atoms with Gasteiger partial charge in [0.2, 0.25) is 0 Å². The molecule has 0 saturated carbocycles. The lowest BCUT2D eigenvalue weighted by Gasteiger charge is -2.30. The number of ether oxygens (including phenoxy) is 2. The topological polar surface area (TPSA) is 63.9 Å². The van der Waals surface area contributed by atoms with Crippen LogP contribution < -0.4 is 14.8 Å². The number of hydrogen-bond donors (Lipinski definition) is 1. The predicted octanol–water partition coefficient (Wildman–Crippen LogP) is 3.92. The lowest BCUT2D eigenvalue weighted by atomic mass is 9.84. The highest BCUT2D eigenvalue weighted by molar-refractivity contribution is 14.0. The number of guanidine groups is 1. The van der Waals surface area contributed by atoms with Gasteiger partial charge in [-0.1, -0.05) is 33.8 Å². The lowest BCUT2D eigenvalue weighted by Crippen LogP contribution is -2.44. The summed E-state index contributed by atoms with van der Waals surface area (Å²) in [4.78, 5) is 6.63. The van der Waals surface area contributed by atoms with Crippen molar-refractivity contribution in [2.75, 3.05) is 33.9 Å². The molecule has 1 aromatic heterocycles. The molecule has 2 aromatic rings. The number of nitrogens with zero attached hydrogens (tertiary/aromatic N) is 4. The minimum Gasteiger partial charge on any atom is -0.486 e. The van der Waals surface area contributed by atoms with E-state index in [1.807, 2.05) is 24.8 Å². The molecular weight excluding hydrogens is 505 g/mol. The van der Waals surface area contributed by atoms with Crippen LogP contribution in [0.5, 0.6) is 11.5 Å². The molecule has 0 radical (unpaired) electrons. The van der Waals surface area contributed by atoms with Gasteiger partial charge in [0, 0.05) is 51.4 Å². The molecule has 0 fully saturated rings. The fourth-order valence-corrected chi connectivity index (χ4v) is 3.74. The summed E-state index contributed by atoms with van der Waals surface area (Å²) in [5.41, 5.74) is 3.46. The molecule has 0 atom stereocenters. The Hall–Kier alpha value is -1.97. The van der Waals surface area contributed by atoms with Crippen LogP contribution >= 0.6 is 24.0 Å².